The molecule has 1 amide bonds. The smallest absolute Gasteiger partial charge is 0.259 e. The summed E-state index contributed by atoms with van der Waals surface area (Å²) >= 11 is 0. The van der Waals surface area contributed by atoms with E-state index in [1.165, 1.54) is 0 Å². The molecule has 142 valence electrons. The Balaban J connectivity index is 1.81. The van der Waals surface area contributed by atoms with Crippen LogP contribution in [-0.4, -0.2) is 41.7 Å². The lowest BCUT2D eigenvalue weighted by atomic mass is 10.0. The van der Waals surface area contributed by atoms with Crippen LogP contribution < -0.4 is 5.56 Å². The van der Waals surface area contributed by atoms with Crippen molar-refractivity contribution in [2.24, 2.45) is 0 Å². The molecule has 0 radical (unpaired) electrons. The number of carbonyl (C=O) groups is 1. The van der Waals surface area contributed by atoms with E-state index >= 15 is 0 Å². The van der Waals surface area contributed by atoms with Gasteiger partial charge in [0.1, 0.15) is 6.04 Å². The number of pyridine rings is 1. The van der Waals surface area contributed by atoms with Crippen LogP contribution in [0.5, 0.6) is 0 Å². The number of carbonyl (C=O) groups excluding carboxylic acids is 1. The second-order valence-electron chi connectivity index (χ2n) is 6.75. The number of nitrogens with zero attached hydrogens (tertiary/aromatic N) is 2. The molecule has 0 aliphatic carbocycles. The van der Waals surface area contributed by atoms with Crippen molar-refractivity contribution in [1.29, 1.82) is 0 Å². The van der Waals surface area contributed by atoms with Crippen molar-refractivity contribution < 1.29 is 9.53 Å². The van der Waals surface area contributed by atoms with E-state index < -0.39 is 6.04 Å². The third-order valence-corrected chi connectivity index (χ3v) is 5.01. The zero-order valence-electron chi connectivity index (χ0n) is 15.5. The van der Waals surface area contributed by atoms with Crippen LogP contribution in [0, 0.1) is 0 Å². The van der Waals surface area contributed by atoms with E-state index in [1.807, 2.05) is 66.7 Å². The quantitative estimate of drug-likeness (QED) is 0.706. The lowest BCUT2D eigenvalue weighted by Crippen LogP contribution is -2.46. The molecule has 0 saturated carbocycles. The molecule has 1 unspecified atom stereocenters. The number of benzene rings is 2. The summed E-state index contributed by atoms with van der Waals surface area (Å²) in [7, 11) is 0. The largest absolute Gasteiger partial charge is 0.378 e. The molecular formula is C23H22N2O3. The summed E-state index contributed by atoms with van der Waals surface area (Å²) in [4.78, 5) is 28.5. The number of hydrogen-bond acceptors (Lipinski definition) is 3. The van der Waals surface area contributed by atoms with Gasteiger partial charge in [0.25, 0.3) is 11.5 Å². The highest BCUT2D eigenvalue weighted by Crippen LogP contribution is 2.22. The molecule has 1 fully saturated rings. The summed E-state index contributed by atoms with van der Waals surface area (Å²) in [6.07, 6.45) is 1.70. The number of amides is 1. The monoisotopic (exact) mass is 374 g/mol. The van der Waals surface area contributed by atoms with Gasteiger partial charge in [0.2, 0.25) is 0 Å². The first-order valence-corrected chi connectivity index (χ1v) is 9.44. The lowest BCUT2D eigenvalue weighted by molar-refractivity contribution is -0.137. The fourth-order valence-electron chi connectivity index (χ4n) is 3.56. The van der Waals surface area contributed by atoms with Gasteiger partial charge in [-0.05, 0) is 23.3 Å². The number of hydrogen-bond donors (Lipinski definition) is 0. The molecule has 4 rings (SSSR count). The molecule has 2 heterocycles. The SMILES string of the molecule is O=C(C(c1ccccc1)n1cccc(-c2ccccc2)c1=O)N1CCOCC1. The third-order valence-electron chi connectivity index (χ3n) is 5.01. The summed E-state index contributed by atoms with van der Waals surface area (Å²) in [5.41, 5.74) is 2.04. The van der Waals surface area contributed by atoms with Crippen molar-refractivity contribution in [2.45, 2.75) is 6.04 Å². The van der Waals surface area contributed by atoms with E-state index in [9.17, 15) is 9.59 Å². The van der Waals surface area contributed by atoms with Crippen LogP contribution in [0.1, 0.15) is 11.6 Å². The topological polar surface area (TPSA) is 51.5 Å². The lowest BCUT2D eigenvalue weighted by Gasteiger charge is -2.31. The highest BCUT2D eigenvalue weighted by molar-refractivity contribution is 5.84. The van der Waals surface area contributed by atoms with E-state index in [0.717, 1.165) is 11.1 Å². The van der Waals surface area contributed by atoms with Crippen molar-refractivity contribution >= 4 is 5.91 Å². The second kappa shape index (κ2) is 8.23. The zero-order chi connectivity index (χ0) is 19.3. The zero-order valence-corrected chi connectivity index (χ0v) is 15.5. The summed E-state index contributed by atoms with van der Waals surface area (Å²) in [5, 5.41) is 0. The molecule has 3 aromatic rings. The van der Waals surface area contributed by atoms with Crippen molar-refractivity contribution in [2.75, 3.05) is 26.3 Å². The third kappa shape index (κ3) is 3.62. The number of aromatic nitrogens is 1. The van der Waals surface area contributed by atoms with Crippen molar-refractivity contribution in [3.05, 3.63) is 94.9 Å². The Morgan fingerprint density at radius 3 is 2.18 bits per heavy atom. The maximum Gasteiger partial charge on any atom is 0.259 e. The standard InChI is InChI=1S/C23H22N2O3/c26-22-20(18-8-3-1-4-9-18)12-7-13-25(22)21(19-10-5-2-6-11-19)23(27)24-14-16-28-17-15-24/h1-13,21H,14-17H2. The molecule has 0 bridgehead atoms. The van der Waals surface area contributed by atoms with Crippen molar-refractivity contribution in [3.63, 3.8) is 0 Å². The fourth-order valence-corrected chi connectivity index (χ4v) is 3.56. The first-order valence-electron chi connectivity index (χ1n) is 9.44. The van der Waals surface area contributed by atoms with Crippen molar-refractivity contribution in [3.8, 4) is 11.1 Å². The molecule has 1 saturated heterocycles. The average molecular weight is 374 g/mol. The number of rotatable bonds is 4. The second-order valence-corrected chi connectivity index (χ2v) is 6.75. The van der Waals surface area contributed by atoms with Crippen LogP contribution >= 0.6 is 0 Å². The Bertz CT molecular complexity index is 993. The van der Waals surface area contributed by atoms with Gasteiger partial charge in [0.05, 0.1) is 13.2 Å². The van der Waals surface area contributed by atoms with Crippen LogP contribution in [0.15, 0.2) is 83.8 Å². The predicted molar refractivity (Wildman–Crippen MR) is 108 cm³/mol. The van der Waals surface area contributed by atoms with Crippen LogP contribution in [-0.2, 0) is 9.53 Å². The molecule has 0 spiro atoms. The van der Waals surface area contributed by atoms with Gasteiger partial charge < -0.3 is 9.64 Å². The highest BCUT2D eigenvalue weighted by Gasteiger charge is 2.29. The average Bonchev–Trinajstić information content (AvgIpc) is 2.77. The van der Waals surface area contributed by atoms with Gasteiger partial charge in [-0.25, -0.2) is 0 Å². The van der Waals surface area contributed by atoms with Gasteiger partial charge in [-0.1, -0.05) is 60.7 Å². The van der Waals surface area contributed by atoms with E-state index in [1.54, 1.807) is 21.7 Å². The predicted octanol–water partition coefficient (Wildman–Crippen LogP) is 2.96. The maximum atomic E-state index is 13.4. The normalized spacial score (nSPS) is 15.2. The van der Waals surface area contributed by atoms with Gasteiger partial charge in [-0.15, -0.1) is 0 Å². The Hall–Kier alpha value is -3.18. The molecule has 1 atom stereocenters. The minimum atomic E-state index is -0.699. The van der Waals surface area contributed by atoms with Gasteiger partial charge in [0.15, 0.2) is 0 Å². The van der Waals surface area contributed by atoms with Gasteiger partial charge in [-0.3, -0.25) is 14.2 Å². The highest BCUT2D eigenvalue weighted by atomic mass is 16.5. The van der Waals surface area contributed by atoms with Crippen LogP contribution in [0.3, 0.4) is 0 Å². The minimum absolute atomic E-state index is 0.0817. The van der Waals surface area contributed by atoms with Gasteiger partial charge in [0, 0.05) is 24.8 Å². The summed E-state index contributed by atoms with van der Waals surface area (Å²) in [6, 6.07) is 21.9. The molecule has 1 aliphatic rings. The van der Waals surface area contributed by atoms with Crippen LogP contribution in [0.25, 0.3) is 11.1 Å². The molecular weight excluding hydrogens is 352 g/mol. The van der Waals surface area contributed by atoms with Gasteiger partial charge >= 0.3 is 0 Å². The molecule has 5 heteroatoms. The van der Waals surface area contributed by atoms with Gasteiger partial charge in [-0.2, -0.15) is 0 Å². The molecule has 28 heavy (non-hydrogen) atoms. The Kier molecular flexibility index (Phi) is 5.35. The first kappa shape index (κ1) is 18.2. The van der Waals surface area contributed by atoms with E-state index in [-0.39, 0.29) is 11.5 Å². The van der Waals surface area contributed by atoms with E-state index in [4.69, 9.17) is 4.74 Å². The fraction of sp³-hybridized carbons (Fsp3) is 0.217. The molecule has 5 nitrogen and oxygen atoms in total. The van der Waals surface area contributed by atoms with Crippen LogP contribution in [0.4, 0.5) is 0 Å². The Morgan fingerprint density at radius 1 is 0.857 bits per heavy atom. The van der Waals surface area contributed by atoms with E-state index in [2.05, 4.69) is 0 Å². The minimum Gasteiger partial charge on any atom is -0.378 e. The Morgan fingerprint density at radius 2 is 1.50 bits per heavy atom. The summed E-state index contributed by atoms with van der Waals surface area (Å²) in [5.74, 6) is -0.0817. The first-order chi connectivity index (χ1) is 13.8. The van der Waals surface area contributed by atoms with E-state index in [0.29, 0.717) is 31.9 Å². The Labute approximate surface area is 163 Å². The number of morpholine rings is 1. The van der Waals surface area contributed by atoms with Crippen LogP contribution in [0.2, 0.25) is 0 Å². The molecule has 1 aliphatic heterocycles. The summed E-state index contributed by atoms with van der Waals surface area (Å²) in [6.45, 7) is 2.11. The summed E-state index contributed by atoms with van der Waals surface area (Å²) < 4.78 is 6.93. The molecule has 2 aromatic carbocycles. The number of ether oxygens (including phenoxy) is 1. The molecule has 0 N–H and O–H groups in total. The maximum absolute atomic E-state index is 13.4. The van der Waals surface area contributed by atoms with Crippen molar-refractivity contribution in [1.82, 2.24) is 9.47 Å². The molecule has 1 aromatic heterocycles.